The number of hydrogen-bond acceptors (Lipinski definition) is 3. The van der Waals surface area contributed by atoms with Crippen molar-refractivity contribution in [1.82, 2.24) is 14.3 Å². The van der Waals surface area contributed by atoms with Crippen LogP contribution >= 0.6 is 11.6 Å². The number of aryl methyl sites for hydroxylation is 1. The SMILES string of the molecule is O=S(=O)(NCC1CCn2ccnc2C1)c1ccc(C(F)(F)F)cc1Cl. The normalized spacial score (nSPS) is 18.2. The van der Waals surface area contributed by atoms with Crippen molar-refractivity contribution in [3.8, 4) is 0 Å². The predicted octanol–water partition coefficient (Wildman–Crippen LogP) is 3.10. The number of benzene rings is 1. The summed E-state index contributed by atoms with van der Waals surface area (Å²) in [7, 11) is -3.99. The number of imidazole rings is 1. The smallest absolute Gasteiger partial charge is 0.335 e. The van der Waals surface area contributed by atoms with Crippen LogP contribution in [-0.2, 0) is 29.2 Å². The molecule has 0 saturated heterocycles. The van der Waals surface area contributed by atoms with Crippen LogP contribution in [0.5, 0.6) is 0 Å². The maximum absolute atomic E-state index is 12.7. The number of alkyl halides is 3. The number of halogens is 4. The minimum absolute atomic E-state index is 0.0675. The molecule has 10 heteroatoms. The van der Waals surface area contributed by atoms with E-state index in [-0.39, 0.29) is 17.4 Å². The molecule has 0 bridgehead atoms. The van der Waals surface area contributed by atoms with Gasteiger partial charge in [-0.25, -0.2) is 18.1 Å². The van der Waals surface area contributed by atoms with Crippen LogP contribution in [0, 0.1) is 5.92 Å². The van der Waals surface area contributed by atoms with Crippen LogP contribution in [0.3, 0.4) is 0 Å². The number of sulfonamides is 1. The molecule has 3 rings (SSSR count). The van der Waals surface area contributed by atoms with Crippen molar-refractivity contribution < 1.29 is 21.6 Å². The van der Waals surface area contributed by atoms with E-state index in [2.05, 4.69) is 9.71 Å². The first-order chi connectivity index (χ1) is 11.7. The van der Waals surface area contributed by atoms with E-state index in [1.54, 1.807) is 6.20 Å². The highest BCUT2D eigenvalue weighted by Gasteiger charge is 2.32. The quantitative estimate of drug-likeness (QED) is 0.868. The van der Waals surface area contributed by atoms with Gasteiger partial charge in [0.15, 0.2) is 0 Å². The fourth-order valence-corrected chi connectivity index (χ4v) is 4.45. The van der Waals surface area contributed by atoms with Crippen LogP contribution in [0.2, 0.25) is 5.02 Å². The zero-order valence-corrected chi connectivity index (χ0v) is 14.5. The Morgan fingerprint density at radius 3 is 2.80 bits per heavy atom. The van der Waals surface area contributed by atoms with E-state index < -0.39 is 26.8 Å². The number of nitrogens with zero attached hydrogens (tertiary/aromatic N) is 2. The van der Waals surface area contributed by atoms with Crippen LogP contribution in [0.4, 0.5) is 13.2 Å². The van der Waals surface area contributed by atoms with Gasteiger partial charge < -0.3 is 4.57 Å². The van der Waals surface area contributed by atoms with Crippen molar-refractivity contribution in [3.05, 3.63) is 47.0 Å². The molecule has 5 nitrogen and oxygen atoms in total. The second-order valence-electron chi connectivity index (χ2n) is 5.89. The van der Waals surface area contributed by atoms with Gasteiger partial charge in [0.25, 0.3) is 0 Å². The molecule has 1 unspecified atom stereocenters. The molecular weight excluding hydrogens is 379 g/mol. The zero-order chi connectivity index (χ0) is 18.2. The summed E-state index contributed by atoms with van der Waals surface area (Å²) >= 11 is 5.76. The van der Waals surface area contributed by atoms with Gasteiger partial charge in [-0.1, -0.05) is 11.6 Å². The van der Waals surface area contributed by atoms with Gasteiger partial charge in [0, 0.05) is 31.9 Å². The number of fused-ring (bicyclic) bond motifs is 1. The molecule has 25 heavy (non-hydrogen) atoms. The maximum atomic E-state index is 12.7. The summed E-state index contributed by atoms with van der Waals surface area (Å²) in [6.45, 7) is 0.926. The summed E-state index contributed by atoms with van der Waals surface area (Å²) in [6, 6.07) is 2.20. The lowest BCUT2D eigenvalue weighted by molar-refractivity contribution is -0.137. The monoisotopic (exact) mass is 393 g/mol. The maximum Gasteiger partial charge on any atom is 0.416 e. The number of aromatic nitrogens is 2. The molecule has 136 valence electrons. The van der Waals surface area contributed by atoms with Gasteiger partial charge in [0.2, 0.25) is 10.0 Å². The summed E-state index contributed by atoms with van der Waals surface area (Å²) in [5.41, 5.74) is -0.990. The minimum Gasteiger partial charge on any atom is -0.335 e. The predicted molar refractivity (Wildman–Crippen MR) is 85.7 cm³/mol. The van der Waals surface area contributed by atoms with Crippen LogP contribution in [-0.4, -0.2) is 24.5 Å². The Bertz CT molecular complexity index is 880. The van der Waals surface area contributed by atoms with Crippen LogP contribution in [0.15, 0.2) is 35.5 Å². The molecule has 0 aliphatic carbocycles. The molecule has 0 spiro atoms. The Kier molecular flexibility index (Phi) is 4.82. The first kappa shape index (κ1) is 18.2. The van der Waals surface area contributed by atoms with Gasteiger partial charge >= 0.3 is 6.18 Å². The molecule has 2 aromatic rings. The molecule has 1 aliphatic heterocycles. The Hall–Kier alpha value is -1.58. The average Bonchev–Trinajstić information content (AvgIpc) is 2.99. The van der Waals surface area contributed by atoms with E-state index in [1.165, 1.54) is 0 Å². The Morgan fingerprint density at radius 1 is 1.36 bits per heavy atom. The molecule has 1 N–H and O–H groups in total. The fraction of sp³-hybridized carbons (Fsp3) is 0.400. The molecule has 0 fully saturated rings. The molecule has 2 heterocycles. The van der Waals surface area contributed by atoms with Crippen molar-refractivity contribution in [2.24, 2.45) is 5.92 Å². The third-order valence-corrected chi connectivity index (χ3v) is 6.07. The largest absolute Gasteiger partial charge is 0.416 e. The lowest BCUT2D eigenvalue weighted by Gasteiger charge is -2.23. The van der Waals surface area contributed by atoms with E-state index in [9.17, 15) is 21.6 Å². The van der Waals surface area contributed by atoms with Gasteiger partial charge in [0.05, 0.1) is 10.6 Å². The van der Waals surface area contributed by atoms with Gasteiger partial charge in [-0.2, -0.15) is 13.2 Å². The summed E-state index contributed by atoms with van der Waals surface area (Å²) in [5.74, 6) is 0.959. The van der Waals surface area contributed by atoms with E-state index in [4.69, 9.17) is 11.6 Å². The molecule has 1 aromatic carbocycles. The van der Waals surface area contributed by atoms with Gasteiger partial charge in [-0.05, 0) is 30.5 Å². The second kappa shape index (κ2) is 6.62. The van der Waals surface area contributed by atoms with Crippen molar-refractivity contribution >= 4 is 21.6 Å². The number of nitrogens with one attached hydrogen (secondary N) is 1. The molecule has 1 aromatic heterocycles. The van der Waals surface area contributed by atoms with Crippen LogP contribution in [0.1, 0.15) is 17.8 Å². The van der Waals surface area contributed by atoms with Crippen molar-refractivity contribution in [1.29, 1.82) is 0 Å². The zero-order valence-electron chi connectivity index (χ0n) is 12.9. The molecular formula is C15H15ClF3N3O2S. The van der Waals surface area contributed by atoms with E-state index in [0.717, 1.165) is 24.9 Å². The first-order valence-electron chi connectivity index (χ1n) is 7.53. The highest BCUT2D eigenvalue weighted by molar-refractivity contribution is 7.89. The Balaban J connectivity index is 1.70. The molecule has 1 atom stereocenters. The number of rotatable bonds is 4. The lowest BCUT2D eigenvalue weighted by Crippen LogP contribution is -2.33. The van der Waals surface area contributed by atoms with E-state index in [0.29, 0.717) is 18.6 Å². The number of hydrogen-bond donors (Lipinski definition) is 1. The summed E-state index contributed by atoms with van der Waals surface area (Å²) < 4.78 is 67.1. The Labute approximate surface area is 147 Å². The highest BCUT2D eigenvalue weighted by Crippen LogP contribution is 2.33. The van der Waals surface area contributed by atoms with E-state index in [1.807, 2.05) is 10.8 Å². The van der Waals surface area contributed by atoms with Crippen LogP contribution < -0.4 is 4.72 Å². The highest BCUT2D eigenvalue weighted by atomic mass is 35.5. The first-order valence-corrected chi connectivity index (χ1v) is 9.39. The standard InChI is InChI=1S/C15H15ClF3N3O2S/c16-12-8-11(15(17,18)19)1-2-13(12)25(23,24)21-9-10-3-5-22-6-4-20-14(22)7-10/h1-2,4,6,8,10,21H,3,5,7,9H2. The Morgan fingerprint density at radius 2 is 2.12 bits per heavy atom. The summed E-state index contributed by atoms with van der Waals surface area (Å²) in [4.78, 5) is 3.85. The van der Waals surface area contributed by atoms with Crippen molar-refractivity contribution in [3.63, 3.8) is 0 Å². The minimum atomic E-state index is -4.58. The molecule has 1 aliphatic rings. The van der Waals surface area contributed by atoms with E-state index >= 15 is 0 Å². The topological polar surface area (TPSA) is 64.0 Å². The fourth-order valence-electron chi connectivity index (χ4n) is 2.79. The average molecular weight is 394 g/mol. The van der Waals surface area contributed by atoms with Gasteiger partial charge in [-0.3, -0.25) is 0 Å². The molecule has 0 radical (unpaired) electrons. The lowest BCUT2D eigenvalue weighted by atomic mass is 9.98. The molecule has 0 saturated carbocycles. The summed E-state index contributed by atoms with van der Waals surface area (Å²) in [6.07, 6.45) is 0.411. The summed E-state index contributed by atoms with van der Waals surface area (Å²) in [5, 5.41) is -0.457. The third-order valence-electron chi connectivity index (χ3n) is 4.16. The van der Waals surface area contributed by atoms with Crippen LogP contribution in [0.25, 0.3) is 0 Å². The second-order valence-corrected chi connectivity index (χ2v) is 8.03. The van der Waals surface area contributed by atoms with Crippen molar-refractivity contribution in [2.75, 3.05) is 6.54 Å². The van der Waals surface area contributed by atoms with Crippen molar-refractivity contribution in [2.45, 2.75) is 30.5 Å². The van der Waals surface area contributed by atoms with Gasteiger partial charge in [-0.15, -0.1) is 0 Å². The molecule has 0 amide bonds. The van der Waals surface area contributed by atoms with Gasteiger partial charge in [0.1, 0.15) is 10.7 Å². The third kappa shape index (κ3) is 3.99.